The number of phenolic OH excluding ortho intramolecular Hbond substituents is 1. The van der Waals surface area contributed by atoms with Crippen molar-refractivity contribution >= 4 is 5.91 Å². The molecule has 5 heteroatoms. The van der Waals surface area contributed by atoms with Crippen LogP contribution in [0.4, 0.5) is 0 Å². The molecule has 168 valence electrons. The van der Waals surface area contributed by atoms with Crippen LogP contribution in [0, 0.1) is 0 Å². The van der Waals surface area contributed by atoms with Crippen LogP contribution in [0.5, 0.6) is 11.5 Å². The van der Waals surface area contributed by atoms with Crippen molar-refractivity contribution in [2.45, 2.75) is 57.9 Å². The van der Waals surface area contributed by atoms with E-state index in [1.165, 1.54) is 36.8 Å². The molecule has 31 heavy (non-hydrogen) atoms. The first-order valence-electron chi connectivity index (χ1n) is 11.6. The minimum Gasteiger partial charge on any atom is -0.508 e. The number of ether oxygens (including phenoxy) is 1. The van der Waals surface area contributed by atoms with Gasteiger partial charge in [-0.05, 0) is 80.6 Å². The Kier molecular flexibility index (Phi) is 9.22. The topological polar surface area (TPSA) is 61.8 Å². The number of phenols is 1. The normalized spacial score (nSPS) is 15.0. The number of nitrogens with zero attached hydrogens (tertiary/aromatic N) is 1. The maximum atomic E-state index is 12.6. The Bertz CT molecular complexity index is 783. The van der Waals surface area contributed by atoms with E-state index in [-0.39, 0.29) is 17.7 Å². The van der Waals surface area contributed by atoms with Crippen LogP contribution in [0.25, 0.3) is 0 Å². The van der Waals surface area contributed by atoms with Gasteiger partial charge in [0.25, 0.3) is 0 Å². The maximum absolute atomic E-state index is 12.6. The first-order valence-corrected chi connectivity index (χ1v) is 11.6. The van der Waals surface area contributed by atoms with Gasteiger partial charge in [-0.2, -0.15) is 0 Å². The number of hydrogen-bond donors (Lipinski definition) is 2. The monoisotopic (exact) mass is 424 g/mol. The summed E-state index contributed by atoms with van der Waals surface area (Å²) in [5, 5.41) is 12.6. The lowest BCUT2D eigenvalue weighted by Crippen LogP contribution is -2.44. The smallest absolute Gasteiger partial charge is 0.223 e. The van der Waals surface area contributed by atoms with E-state index in [9.17, 15) is 9.90 Å². The average Bonchev–Trinajstić information content (AvgIpc) is 3.27. The van der Waals surface area contributed by atoms with Gasteiger partial charge in [-0.3, -0.25) is 4.79 Å². The highest BCUT2D eigenvalue weighted by molar-refractivity contribution is 5.76. The molecule has 1 heterocycles. The zero-order chi connectivity index (χ0) is 21.9. The van der Waals surface area contributed by atoms with Crippen molar-refractivity contribution in [3.63, 3.8) is 0 Å². The molecule has 2 aromatic rings. The van der Waals surface area contributed by atoms with E-state index < -0.39 is 0 Å². The lowest BCUT2D eigenvalue weighted by atomic mass is 10.0. The fraction of sp³-hybridized carbons (Fsp3) is 0.500. The third-order valence-corrected chi connectivity index (χ3v) is 5.80. The average molecular weight is 425 g/mol. The number of benzene rings is 2. The highest BCUT2D eigenvalue weighted by Crippen LogP contribution is 2.16. The van der Waals surface area contributed by atoms with Crippen LogP contribution in [0.3, 0.4) is 0 Å². The molecule has 5 nitrogen and oxygen atoms in total. The predicted molar refractivity (Wildman–Crippen MR) is 125 cm³/mol. The second-order valence-electron chi connectivity index (χ2n) is 8.49. The summed E-state index contributed by atoms with van der Waals surface area (Å²) < 4.78 is 5.63. The van der Waals surface area contributed by atoms with Gasteiger partial charge in [-0.25, -0.2) is 0 Å². The number of aromatic hydroxyl groups is 1. The predicted octanol–water partition coefficient (Wildman–Crippen LogP) is 4.33. The molecule has 2 N–H and O–H groups in total. The third-order valence-electron chi connectivity index (χ3n) is 5.80. The van der Waals surface area contributed by atoms with Gasteiger partial charge in [-0.1, -0.05) is 37.6 Å². The van der Waals surface area contributed by atoms with Crippen molar-refractivity contribution in [3.05, 3.63) is 59.7 Å². The van der Waals surface area contributed by atoms with Crippen LogP contribution in [-0.4, -0.2) is 48.2 Å². The number of rotatable bonds is 12. The summed E-state index contributed by atoms with van der Waals surface area (Å²) in [5.41, 5.74) is 2.65. The number of unbranched alkanes of at least 4 members (excludes halogenated alkanes) is 1. The zero-order valence-electron chi connectivity index (χ0n) is 18.7. The van der Waals surface area contributed by atoms with Crippen molar-refractivity contribution in [3.8, 4) is 11.5 Å². The van der Waals surface area contributed by atoms with Gasteiger partial charge < -0.3 is 20.1 Å². The molecule has 0 aromatic heterocycles. The number of amides is 1. The second-order valence-corrected chi connectivity index (χ2v) is 8.49. The van der Waals surface area contributed by atoms with Crippen LogP contribution >= 0.6 is 0 Å². The molecule has 2 aromatic carbocycles. The molecule has 0 radical (unpaired) electrons. The Morgan fingerprint density at radius 3 is 2.42 bits per heavy atom. The number of carbonyl (C=O) groups is 1. The molecule has 0 spiro atoms. The van der Waals surface area contributed by atoms with Gasteiger partial charge in [-0.15, -0.1) is 0 Å². The van der Waals surface area contributed by atoms with Crippen molar-refractivity contribution < 1.29 is 14.6 Å². The van der Waals surface area contributed by atoms with Gasteiger partial charge in [0.1, 0.15) is 11.5 Å². The van der Waals surface area contributed by atoms with E-state index in [0.717, 1.165) is 32.5 Å². The van der Waals surface area contributed by atoms with E-state index in [1.807, 2.05) is 0 Å². The highest BCUT2D eigenvalue weighted by atomic mass is 16.5. The van der Waals surface area contributed by atoms with E-state index in [0.29, 0.717) is 18.8 Å². The van der Waals surface area contributed by atoms with Crippen molar-refractivity contribution in [1.29, 1.82) is 0 Å². The first-order chi connectivity index (χ1) is 15.1. The van der Waals surface area contributed by atoms with Gasteiger partial charge in [0.15, 0.2) is 0 Å². The van der Waals surface area contributed by atoms with E-state index in [1.54, 1.807) is 24.3 Å². The van der Waals surface area contributed by atoms with Gasteiger partial charge >= 0.3 is 0 Å². The number of hydrogen-bond acceptors (Lipinski definition) is 4. The molecule has 1 fully saturated rings. The number of carbonyl (C=O) groups excluding carboxylic acids is 1. The van der Waals surface area contributed by atoms with Crippen LogP contribution in [0.2, 0.25) is 0 Å². The summed E-state index contributed by atoms with van der Waals surface area (Å²) in [6, 6.07) is 15.5. The highest BCUT2D eigenvalue weighted by Gasteiger charge is 2.19. The summed E-state index contributed by atoms with van der Waals surface area (Å²) in [5.74, 6) is 0.873. The fourth-order valence-corrected chi connectivity index (χ4v) is 4.05. The second kappa shape index (κ2) is 12.4. The molecule has 0 saturated carbocycles. The van der Waals surface area contributed by atoms with Gasteiger partial charge in [0.05, 0.1) is 13.0 Å². The van der Waals surface area contributed by atoms with E-state index in [4.69, 9.17) is 4.74 Å². The van der Waals surface area contributed by atoms with Crippen LogP contribution in [-0.2, 0) is 17.6 Å². The van der Waals surface area contributed by atoms with Crippen molar-refractivity contribution in [2.75, 3.05) is 26.2 Å². The van der Waals surface area contributed by atoms with Gasteiger partial charge in [0, 0.05) is 12.6 Å². The van der Waals surface area contributed by atoms with Crippen molar-refractivity contribution in [1.82, 2.24) is 10.2 Å². The molecule has 3 rings (SSSR count). The third kappa shape index (κ3) is 8.25. The maximum Gasteiger partial charge on any atom is 0.223 e. The molecule has 0 aliphatic carbocycles. The van der Waals surface area contributed by atoms with Gasteiger partial charge in [0.2, 0.25) is 5.91 Å². The first kappa shape index (κ1) is 23.1. The standard InChI is InChI=1S/C26H36N2O3/c1-2-3-6-21-7-9-22(10-8-21)19-23(20-28-16-4-5-17-28)27-26(30)15-18-31-25-13-11-24(29)12-14-25/h7-14,23,29H,2-6,15-20H2,1H3,(H,27,30)/t23-/m0/s1. The molecular formula is C26H36N2O3. The van der Waals surface area contributed by atoms with Crippen LogP contribution in [0.15, 0.2) is 48.5 Å². The molecule has 1 amide bonds. The molecular weight excluding hydrogens is 388 g/mol. The van der Waals surface area contributed by atoms with E-state index in [2.05, 4.69) is 41.4 Å². The Morgan fingerprint density at radius 1 is 1.06 bits per heavy atom. The summed E-state index contributed by atoms with van der Waals surface area (Å²) >= 11 is 0. The SMILES string of the molecule is CCCCc1ccc(C[C@@H](CN2CCCC2)NC(=O)CCOc2ccc(O)cc2)cc1. The number of likely N-dealkylation sites (tertiary alicyclic amines) is 1. The Labute approximate surface area is 186 Å². The molecule has 0 unspecified atom stereocenters. The molecule has 1 aliphatic rings. The summed E-state index contributed by atoms with van der Waals surface area (Å²) in [4.78, 5) is 15.0. The zero-order valence-corrected chi connectivity index (χ0v) is 18.7. The van der Waals surface area contributed by atoms with Crippen LogP contribution < -0.4 is 10.1 Å². The Morgan fingerprint density at radius 2 is 1.74 bits per heavy atom. The lowest BCUT2D eigenvalue weighted by Gasteiger charge is -2.25. The molecule has 1 aliphatic heterocycles. The van der Waals surface area contributed by atoms with E-state index >= 15 is 0 Å². The summed E-state index contributed by atoms with van der Waals surface area (Å²) in [7, 11) is 0. The fourth-order valence-electron chi connectivity index (χ4n) is 4.05. The van der Waals surface area contributed by atoms with Crippen molar-refractivity contribution in [2.24, 2.45) is 0 Å². The largest absolute Gasteiger partial charge is 0.508 e. The minimum atomic E-state index is 0.0162. The summed E-state index contributed by atoms with van der Waals surface area (Å²) in [6.07, 6.45) is 7.20. The quantitative estimate of drug-likeness (QED) is 0.532. The lowest BCUT2D eigenvalue weighted by molar-refractivity contribution is -0.122. The summed E-state index contributed by atoms with van der Waals surface area (Å²) in [6.45, 7) is 5.66. The van der Waals surface area contributed by atoms with Crippen LogP contribution in [0.1, 0.15) is 50.2 Å². The minimum absolute atomic E-state index is 0.0162. The molecule has 1 atom stereocenters. The number of aryl methyl sites for hydroxylation is 1. The number of nitrogens with one attached hydrogen (secondary N) is 1. The molecule has 1 saturated heterocycles. The Hall–Kier alpha value is -2.53. The Balaban J connectivity index is 1.51. The molecule has 0 bridgehead atoms.